The van der Waals surface area contributed by atoms with Gasteiger partial charge in [0.2, 0.25) is 5.69 Å². The minimum absolute atomic E-state index is 0.221. The zero-order chi connectivity index (χ0) is 24.9. The summed E-state index contributed by atoms with van der Waals surface area (Å²) in [6.45, 7) is 11.0. The lowest BCUT2D eigenvalue weighted by Crippen LogP contribution is -2.31. The highest BCUT2D eigenvalue weighted by Gasteiger charge is 2.23. The number of hydrogen-bond acceptors (Lipinski definition) is 2. The number of rotatable bonds is 3. The fourth-order valence-corrected chi connectivity index (χ4v) is 5.11. The van der Waals surface area contributed by atoms with Gasteiger partial charge in [0.25, 0.3) is 0 Å². The first-order chi connectivity index (χ1) is 16.7. The molecule has 3 heteroatoms. The Balaban J connectivity index is 1.77. The summed E-state index contributed by atoms with van der Waals surface area (Å²) >= 11 is 0. The molecule has 0 aliphatic rings. The van der Waals surface area contributed by atoms with Crippen molar-refractivity contribution >= 4 is 21.9 Å². The summed E-state index contributed by atoms with van der Waals surface area (Å²) in [6, 6.07) is 23.5. The van der Waals surface area contributed by atoms with Crippen molar-refractivity contribution in [2.75, 3.05) is 0 Å². The van der Waals surface area contributed by atoms with E-state index in [0.717, 1.165) is 56.3 Å². The van der Waals surface area contributed by atoms with E-state index < -0.39 is 0 Å². The summed E-state index contributed by atoms with van der Waals surface area (Å²) in [6.07, 6.45) is 3.14. The predicted molar refractivity (Wildman–Crippen MR) is 143 cm³/mol. The van der Waals surface area contributed by atoms with Crippen molar-refractivity contribution in [1.29, 1.82) is 5.26 Å². The van der Waals surface area contributed by atoms with Crippen LogP contribution in [-0.4, -0.2) is 0 Å². The molecule has 5 rings (SSSR count). The average Bonchev–Trinajstić information content (AvgIpc) is 3.17. The van der Waals surface area contributed by atoms with E-state index in [1.807, 2.05) is 12.1 Å². The lowest BCUT2D eigenvalue weighted by Gasteiger charge is -2.18. The Labute approximate surface area is 207 Å². The third kappa shape index (κ3) is 4.10. The van der Waals surface area contributed by atoms with E-state index in [2.05, 4.69) is 107 Å². The Bertz CT molecular complexity index is 1620. The van der Waals surface area contributed by atoms with Gasteiger partial charge in [0, 0.05) is 28.0 Å². The maximum absolute atomic E-state index is 9.97. The zero-order valence-electron chi connectivity index (χ0n) is 21.4. The molecule has 0 fully saturated rings. The molecule has 2 aromatic heterocycles. The van der Waals surface area contributed by atoms with Crippen LogP contribution in [0.4, 0.5) is 0 Å². The van der Waals surface area contributed by atoms with Crippen LogP contribution in [0.2, 0.25) is 0 Å². The Kier molecular flexibility index (Phi) is 5.49. The number of nitriles is 1. The maximum Gasteiger partial charge on any atom is 0.216 e. The predicted octanol–water partition coefficient (Wildman–Crippen LogP) is 7.82. The van der Waals surface area contributed by atoms with Crippen LogP contribution in [0, 0.1) is 30.6 Å². The molecule has 0 saturated carbocycles. The van der Waals surface area contributed by atoms with Crippen molar-refractivity contribution in [3.63, 3.8) is 0 Å². The van der Waals surface area contributed by atoms with Gasteiger partial charge in [0.1, 0.15) is 18.2 Å². The number of benzene rings is 3. The first kappa shape index (κ1) is 22.9. The largest absolute Gasteiger partial charge is 0.454 e. The average molecular weight is 460 g/mol. The summed E-state index contributed by atoms with van der Waals surface area (Å²) in [4.78, 5) is 0. The lowest BCUT2D eigenvalue weighted by molar-refractivity contribution is -0.660. The summed E-state index contributed by atoms with van der Waals surface area (Å²) in [7, 11) is 2.07. The number of pyridine rings is 1. The van der Waals surface area contributed by atoms with E-state index in [4.69, 9.17) is 4.42 Å². The normalized spacial score (nSPS) is 11.8. The molecule has 0 saturated heterocycles. The number of hydrogen-bond donors (Lipinski definition) is 0. The van der Waals surface area contributed by atoms with Crippen molar-refractivity contribution in [2.24, 2.45) is 12.5 Å². The second kappa shape index (κ2) is 8.40. The molecular formula is C32H31N2O+. The fraction of sp³-hybridized carbons (Fsp3) is 0.250. The van der Waals surface area contributed by atoms with Gasteiger partial charge in [-0.2, -0.15) is 5.26 Å². The van der Waals surface area contributed by atoms with Gasteiger partial charge in [0.15, 0.2) is 6.20 Å². The highest BCUT2D eigenvalue weighted by Crippen LogP contribution is 2.42. The van der Waals surface area contributed by atoms with Gasteiger partial charge in [-0.15, -0.1) is 0 Å². The monoisotopic (exact) mass is 459 g/mol. The Morgan fingerprint density at radius 2 is 1.49 bits per heavy atom. The van der Waals surface area contributed by atoms with Crippen molar-refractivity contribution < 1.29 is 8.98 Å². The molecule has 0 unspecified atom stereocenters. The first-order valence-electron chi connectivity index (χ1n) is 12.1. The van der Waals surface area contributed by atoms with Gasteiger partial charge < -0.3 is 4.42 Å². The number of furan rings is 1. The Morgan fingerprint density at radius 3 is 2.11 bits per heavy atom. The summed E-state index contributed by atoms with van der Waals surface area (Å²) < 4.78 is 8.83. The molecule has 0 N–H and O–H groups in total. The molecule has 0 aliphatic heterocycles. The van der Waals surface area contributed by atoms with Gasteiger partial charge in [-0.25, -0.2) is 4.57 Å². The highest BCUT2D eigenvalue weighted by atomic mass is 16.3. The highest BCUT2D eigenvalue weighted by molar-refractivity contribution is 6.13. The molecule has 0 aliphatic carbocycles. The van der Waals surface area contributed by atoms with E-state index in [9.17, 15) is 5.26 Å². The maximum atomic E-state index is 9.97. The Morgan fingerprint density at radius 1 is 0.829 bits per heavy atom. The van der Waals surface area contributed by atoms with E-state index >= 15 is 0 Å². The third-order valence-electron chi connectivity index (χ3n) is 6.65. The van der Waals surface area contributed by atoms with Gasteiger partial charge in [-0.05, 0) is 60.6 Å². The van der Waals surface area contributed by atoms with E-state index in [1.165, 1.54) is 11.1 Å². The second-order valence-corrected chi connectivity index (χ2v) is 10.8. The van der Waals surface area contributed by atoms with Crippen LogP contribution in [0.3, 0.4) is 0 Å². The molecular weight excluding hydrogens is 428 g/mol. The van der Waals surface area contributed by atoms with Crippen LogP contribution < -0.4 is 4.57 Å². The van der Waals surface area contributed by atoms with Crippen LogP contribution in [-0.2, 0) is 13.5 Å². The lowest BCUT2D eigenvalue weighted by atomic mass is 9.87. The molecule has 3 aromatic carbocycles. The minimum Gasteiger partial charge on any atom is -0.454 e. The van der Waals surface area contributed by atoms with Crippen molar-refractivity contribution in [3.8, 4) is 28.5 Å². The van der Waals surface area contributed by atoms with E-state index in [-0.39, 0.29) is 5.41 Å². The number of nitrogens with zero attached hydrogens (tertiary/aromatic N) is 2. The molecule has 0 radical (unpaired) electrons. The molecule has 0 amide bonds. The Hall–Kier alpha value is -3.90. The quantitative estimate of drug-likeness (QED) is 0.258. The van der Waals surface area contributed by atoms with Gasteiger partial charge in [-0.1, -0.05) is 57.2 Å². The number of aryl methyl sites for hydroxylation is 3. The molecule has 2 heterocycles. The molecule has 35 heavy (non-hydrogen) atoms. The van der Waals surface area contributed by atoms with Crippen LogP contribution in [0.5, 0.6) is 0 Å². The summed E-state index contributed by atoms with van der Waals surface area (Å²) in [5, 5.41) is 12.1. The van der Waals surface area contributed by atoms with E-state index in [1.54, 1.807) is 0 Å². The standard InChI is InChI=1S/C32H31N2O/c1-20-7-16-27(34(6)19-20)28-21(2)8-14-25-26-15-13-24(18-33)29(31(26)35-30(25)28)23-11-9-22(10-12-23)17-32(3,4)5/h7-16,19H,17H2,1-6H3/q+1. The molecule has 0 bridgehead atoms. The van der Waals surface area contributed by atoms with Gasteiger partial charge in [-0.3, -0.25) is 0 Å². The minimum atomic E-state index is 0.221. The van der Waals surface area contributed by atoms with Crippen molar-refractivity contribution in [2.45, 2.75) is 41.0 Å². The molecule has 0 atom stereocenters. The van der Waals surface area contributed by atoms with Crippen LogP contribution in [0.15, 0.2) is 71.3 Å². The summed E-state index contributed by atoms with van der Waals surface area (Å²) in [5.74, 6) is 0. The smallest absolute Gasteiger partial charge is 0.216 e. The molecule has 0 spiro atoms. The number of fused-ring (bicyclic) bond motifs is 3. The molecule has 3 nitrogen and oxygen atoms in total. The summed E-state index contributed by atoms with van der Waals surface area (Å²) in [5.41, 5.74) is 10.2. The van der Waals surface area contributed by atoms with Crippen LogP contribution >= 0.6 is 0 Å². The topological polar surface area (TPSA) is 40.8 Å². The van der Waals surface area contributed by atoms with Crippen LogP contribution in [0.25, 0.3) is 44.3 Å². The van der Waals surface area contributed by atoms with Gasteiger partial charge >= 0.3 is 0 Å². The second-order valence-electron chi connectivity index (χ2n) is 10.8. The van der Waals surface area contributed by atoms with Gasteiger partial charge in [0.05, 0.1) is 17.2 Å². The molecule has 174 valence electrons. The molecule has 5 aromatic rings. The zero-order valence-corrected chi connectivity index (χ0v) is 21.4. The van der Waals surface area contributed by atoms with Crippen molar-refractivity contribution in [1.82, 2.24) is 0 Å². The number of aromatic nitrogens is 1. The third-order valence-corrected chi connectivity index (χ3v) is 6.65. The van der Waals surface area contributed by atoms with E-state index in [0.29, 0.717) is 5.56 Å². The first-order valence-corrected chi connectivity index (χ1v) is 12.1. The fourth-order valence-electron chi connectivity index (χ4n) is 5.11. The van der Waals surface area contributed by atoms with Crippen LogP contribution in [0.1, 0.15) is 43.0 Å². The SMILES string of the molecule is Cc1ccc(-c2c(C)ccc3c2oc2c(-c4ccc(CC(C)(C)C)cc4)c(C#N)ccc23)[n+](C)c1. The van der Waals surface area contributed by atoms with Crippen molar-refractivity contribution in [3.05, 3.63) is 89.1 Å².